The molecule has 1 atom stereocenters. The number of piperidine rings is 1. The van der Waals surface area contributed by atoms with Gasteiger partial charge >= 0.3 is 0 Å². The number of hydrogen-bond donors (Lipinski definition) is 2. The van der Waals surface area contributed by atoms with E-state index in [2.05, 4.69) is 41.3 Å². The molecule has 0 radical (unpaired) electrons. The molecule has 2 aromatic heterocycles. The first-order chi connectivity index (χ1) is 17.3. The lowest BCUT2D eigenvalue weighted by Gasteiger charge is -2.35. The zero-order valence-electron chi connectivity index (χ0n) is 22.0. The lowest BCUT2D eigenvalue weighted by atomic mass is 10.0. The molecular weight excluding hydrogens is 492 g/mol. The predicted octanol–water partition coefficient (Wildman–Crippen LogP) is 5.27. The van der Waals surface area contributed by atoms with Gasteiger partial charge in [0.25, 0.3) is 0 Å². The monoisotopic (exact) mass is 530 g/mol. The molecule has 196 valence electrons. The van der Waals surface area contributed by atoms with E-state index in [0.29, 0.717) is 27.5 Å². The van der Waals surface area contributed by atoms with Crippen molar-refractivity contribution in [3.8, 4) is 17.0 Å². The number of benzene rings is 1. The number of aromatic nitrogens is 2. The molecular formula is C26H38N6O2S2. The van der Waals surface area contributed by atoms with E-state index in [4.69, 9.17) is 19.8 Å². The maximum absolute atomic E-state index is 11.8. The summed E-state index contributed by atoms with van der Waals surface area (Å²) >= 11 is 1.49. The molecule has 8 nitrogen and oxygen atoms in total. The van der Waals surface area contributed by atoms with Gasteiger partial charge in [0, 0.05) is 36.3 Å². The Hall–Kier alpha value is -2.53. The van der Waals surface area contributed by atoms with Gasteiger partial charge in [-0.05, 0) is 71.1 Å². The summed E-state index contributed by atoms with van der Waals surface area (Å²) in [5, 5.41) is 11.6. The summed E-state index contributed by atoms with van der Waals surface area (Å²) in [7, 11) is 2.72. The highest BCUT2D eigenvalue weighted by atomic mass is 32.2. The van der Waals surface area contributed by atoms with Crippen molar-refractivity contribution in [1.82, 2.24) is 14.9 Å². The van der Waals surface area contributed by atoms with E-state index in [1.54, 1.807) is 18.2 Å². The number of pyridine rings is 1. The van der Waals surface area contributed by atoms with Crippen LogP contribution in [0.3, 0.4) is 0 Å². The minimum absolute atomic E-state index is 0.000102. The van der Waals surface area contributed by atoms with Crippen LogP contribution in [0.2, 0.25) is 0 Å². The van der Waals surface area contributed by atoms with Gasteiger partial charge in [-0.3, -0.25) is 0 Å². The van der Waals surface area contributed by atoms with Crippen LogP contribution in [-0.4, -0.2) is 58.4 Å². The summed E-state index contributed by atoms with van der Waals surface area (Å²) in [6, 6.07) is 10.0. The summed E-state index contributed by atoms with van der Waals surface area (Å²) in [5.41, 5.74) is 2.50. The summed E-state index contributed by atoms with van der Waals surface area (Å²) in [6.45, 7) is 9.96. The number of hydrogen-bond acceptors (Lipinski definition) is 8. The Bertz CT molecular complexity index is 1130. The van der Waals surface area contributed by atoms with Gasteiger partial charge in [-0.1, -0.05) is 13.8 Å². The molecule has 0 amide bonds. The normalized spacial score (nSPS) is 15.0. The molecule has 1 fully saturated rings. The van der Waals surface area contributed by atoms with Crippen molar-refractivity contribution in [2.45, 2.75) is 57.6 Å². The Kier molecular flexibility index (Phi) is 10.2. The first kappa shape index (κ1) is 28.0. The molecule has 3 N–H and O–H groups in total. The summed E-state index contributed by atoms with van der Waals surface area (Å²) in [6.07, 6.45) is 4.19. The minimum Gasteiger partial charge on any atom is -0.489 e. The van der Waals surface area contributed by atoms with Crippen molar-refractivity contribution in [2.24, 2.45) is 5.14 Å². The Labute approximate surface area is 221 Å². The largest absolute Gasteiger partial charge is 0.489 e. The van der Waals surface area contributed by atoms with Crippen LogP contribution in [0, 0.1) is 0 Å². The lowest BCUT2D eigenvalue weighted by molar-refractivity contribution is 0.243. The van der Waals surface area contributed by atoms with E-state index in [1.165, 1.54) is 11.3 Å². The molecule has 0 saturated carbocycles. The second-order valence-electron chi connectivity index (χ2n) is 8.87. The van der Waals surface area contributed by atoms with Crippen LogP contribution < -0.4 is 20.1 Å². The molecule has 10 heteroatoms. The molecule has 0 spiro atoms. The third-order valence-corrected chi connectivity index (χ3v) is 7.33. The number of nitrogens with zero attached hydrogens (tertiary/aromatic N) is 4. The molecule has 3 aromatic rings. The number of rotatable bonds is 8. The Morgan fingerprint density at radius 2 is 1.92 bits per heavy atom. The van der Waals surface area contributed by atoms with Gasteiger partial charge in [0.1, 0.15) is 22.6 Å². The Balaban J connectivity index is 0.00000176. The fraction of sp³-hybridized carbons (Fsp3) is 0.462. The molecule has 3 heterocycles. The van der Waals surface area contributed by atoms with Crippen LogP contribution in [0.4, 0.5) is 16.6 Å². The van der Waals surface area contributed by atoms with E-state index in [0.717, 1.165) is 43.0 Å². The quantitative estimate of drug-likeness (QED) is 0.409. The molecule has 36 heavy (non-hydrogen) atoms. The first-order valence-corrected chi connectivity index (χ1v) is 14.5. The molecule has 1 aliphatic heterocycles. The van der Waals surface area contributed by atoms with E-state index >= 15 is 0 Å². The van der Waals surface area contributed by atoms with Crippen LogP contribution in [0.25, 0.3) is 11.3 Å². The average Bonchev–Trinajstić information content (AvgIpc) is 3.34. The van der Waals surface area contributed by atoms with Gasteiger partial charge in [-0.15, -0.1) is 11.3 Å². The van der Waals surface area contributed by atoms with Gasteiger partial charge in [0.05, 0.1) is 22.4 Å². The highest BCUT2D eigenvalue weighted by molar-refractivity contribution is 7.82. The van der Waals surface area contributed by atoms with Crippen LogP contribution >= 0.6 is 11.3 Å². The van der Waals surface area contributed by atoms with Gasteiger partial charge in [0.15, 0.2) is 5.13 Å². The highest BCUT2D eigenvalue weighted by Gasteiger charge is 2.21. The second kappa shape index (κ2) is 13.1. The van der Waals surface area contributed by atoms with Gasteiger partial charge in [-0.25, -0.2) is 19.3 Å². The topological polar surface area (TPSA) is 96.6 Å². The van der Waals surface area contributed by atoms with Crippen molar-refractivity contribution in [3.05, 3.63) is 41.9 Å². The predicted molar refractivity (Wildman–Crippen MR) is 152 cm³/mol. The fourth-order valence-corrected chi connectivity index (χ4v) is 5.17. The van der Waals surface area contributed by atoms with Crippen LogP contribution in [0.5, 0.6) is 5.75 Å². The lowest BCUT2D eigenvalue weighted by Crippen LogP contribution is -2.42. The number of nitrogens with one attached hydrogen (secondary N) is 1. The zero-order chi connectivity index (χ0) is 26.2. The fourth-order valence-electron chi connectivity index (χ4n) is 4.00. The SMILES string of the molecule is CC.CC(C)Oc1ccc(S(N)=O)cc1Nc1nc(-c2ccc(N3CCC(N(C)C)CC3)nc2)cs1. The van der Waals surface area contributed by atoms with Gasteiger partial charge in [0.2, 0.25) is 0 Å². The maximum Gasteiger partial charge on any atom is 0.187 e. The second-order valence-corrected chi connectivity index (χ2v) is 10.8. The molecule has 1 aliphatic rings. The summed E-state index contributed by atoms with van der Waals surface area (Å²) < 4.78 is 17.6. The highest BCUT2D eigenvalue weighted by Crippen LogP contribution is 2.33. The maximum atomic E-state index is 11.8. The minimum atomic E-state index is -1.58. The van der Waals surface area contributed by atoms with Crippen LogP contribution in [-0.2, 0) is 11.0 Å². The van der Waals surface area contributed by atoms with Crippen molar-refractivity contribution in [2.75, 3.05) is 37.4 Å². The molecule has 0 bridgehead atoms. The number of nitrogens with two attached hydrogens (primary N) is 1. The Morgan fingerprint density at radius 1 is 1.19 bits per heavy atom. The molecule has 0 aliphatic carbocycles. The van der Waals surface area contributed by atoms with E-state index < -0.39 is 11.0 Å². The van der Waals surface area contributed by atoms with Crippen molar-refractivity contribution in [3.63, 3.8) is 0 Å². The molecule has 4 rings (SSSR count). The zero-order valence-corrected chi connectivity index (χ0v) is 23.7. The van der Waals surface area contributed by atoms with E-state index in [9.17, 15) is 4.21 Å². The van der Waals surface area contributed by atoms with E-state index in [-0.39, 0.29) is 6.10 Å². The molecule has 1 saturated heterocycles. The van der Waals surface area contributed by atoms with Gasteiger partial charge < -0.3 is 19.9 Å². The average molecular weight is 531 g/mol. The number of ether oxygens (including phenoxy) is 1. The summed E-state index contributed by atoms with van der Waals surface area (Å²) in [4.78, 5) is 14.6. The molecule has 1 unspecified atom stereocenters. The van der Waals surface area contributed by atoms with Crippen LogP contribution in [0.15, 0.2) is 46.8 Å². The number of thiazole rings is 1. The third-order valence-electron chi connectivity index (χ3n) is 5.85. The summed E-state index contributed by atoms with van der Waals surface area (Å²) in [5.74, 6) is 1.67. The van der Waals surface area contributed by atoms with Crippen molar-refractivity contribution >= 4 is 39.0 Å². The first-order valence-electron chi connectivity index (χ1n) is 12.4. The van der Waals surface area contributed by atoms with Crippen molar-refractivity contribution < 1.29 is 8.95 Å². The van der Waals surface area contributed by atoms with Gasteiger partial charge in [-0.2, -0.15) is 0 Å². The number of anilines is 3. The van der Waals surface area contributed by atoms with E-state index in [1.807, 2.05) is 39.3 Å². The smallest absolute Gasteiger partial charge is 0.187 e. The standard InChI is InChI=1S/C24H32N6O2S2.C2H6/c1-16(2)32-22-7-6-19(34(25)31)13-20(22)27-24-28-21(15-33-24)17-5-8-23(26-14-17)30-11-9-18(10-12-30)29(3)4;1-2/h5-8,13-16,18H,9-12,25H2,1-4H3,(H,27,28);1-2H3. The van der Waals surface area contributed by atoms with Crippen LogP contribution in [0.1, 0.15) is 40.5 Å². The Morgan fingerprint density at radius 3 is 2.50 bits per heavy atom. The van der Waals surface area contributed by atoms with Crippen molar-refractivity contribution in [1.29, 1.82) is 0 Å². The molecule has 1 aromatic carbocycles. The third kappa shape index (κ3) is 7.25.